The number of sulfone groups is 1. The predicted molar refractivity (Wildman–Crippen MR) is 72.5 cm³/mol. The maximum atomic E-state index is 11.4. The highest BCUT2D eigenvalue weighted by Gasteiger charge is 2.46. The first kappa shape index (κ1) is 13.6. The van der Waals surface area contributed by atoms with Crippen molar-refractivity contribution in [3.05, 3.63) is 35.4 Å². The topological polar surface area (TPSA) is 54.4 Å². The van der Waals surface area contributed by atoms with Crippen LogP contribution in [-0.2, 0) is 21.7 Å². The molecule has 1 aromatic carbocycles. The highest BCUT2D eigenvalue weighted by Crippen LogP contribution is 2.49. The number of aryl methyl sites for hydroxylation is 1. The lowest BCUT2D eigenvalue weighted by Crippen LogP contribution is -2.19. The Morgan fingerprint density at radius 3 is 2.28 bits per heavy atom. The number of hydrogen-bond acceptors (Lipinski definition) is 3. The highest BCUT2D eigenvalue weighted by molar-refractivity contribution is 7.90. The Bertz CT molecular complexity index is 498. The maximum Gasteiger partial charge on any atom is 0.148 e. The van der Waals surface area contributed by atoms with Crippen molar-refractivity contribution < 1.29 is 13.5 Å². The minimum atomic E-state index is -2.92. The number of hydrogen-bond donors (Lipinski definition) is 1. The summed E-state index contributed by atoms with van der Waals surface area (Å²) < 4.78 is 22.9. The molecular weight excluding hydrogens is 248 g/mol. The fourth-order valence-electron chi connectivity index (χ4n) is 2.48. The molecule has 0 unspecified atom stereocenters. The monoisotopic (exact) mass is 268 g/mol. The van der Waals surface area contributed by atoms with Crippen molar-refractivity contribution in [1.82, 2.24) is 0 Å². The Morgan fingerprint density at radius 2 is 1.83 bits per heavy atom. The van der Waals surface area contributed by atoms with E-state index in [1.54, 1.807) is 0 Å². The van der Waals surface area contributed by atoms with Gasteiger partial charge in [-0.05, 0) is 36.8 Å². The van der Waals surface area contributed by atoms with E-state index in [1.165, 1.54) is 11.8 Å². The van der Waals surface area contributed by atoms with E-state index in [2.05, 4.69) is 0 Å². The third kappa shape index (κ3) is 3.33. The molecule has 0 radical (unpaired) electrons. The molecule has 0 saturated heterocycles. The highest BCUT2D eigenvalue weighted by atomic mass is 32.2. The predicted octanol–water partition coefficient (Wildman–Crippen LogP) is 1.69. The van der Waals surface area contributed by atoms with Gasteiger partial charge in [0.15, 0.2) is 0 Å². The molecule has 0 aliphatic heterocycles. The molecule has 3 nitrogen and oxygen atoms in total. The van der Waals surface area contributed by atoms with E-state index in [1.807, 2.05) is 24.3 Å². The first-order chi connectivity index (χ1) is 8.45. The normalized spacial score (nSPS) is 17.7. The molecule has 1 fully saturated rings. The van der Waals surface area contributed by atoms with Gasteiger partial charge in [-0.15, -0.1) is 0 Å². The van der Waals surface area contributed by atoms with E-state index in [-0.39, 0.29) is 17.8 Å². The molecule has 18 heavy (non-hydrogen) atoms. The van der Waals surface area contributed by atoms with Crippen LogP contribution >= 0.6 is 0 Å². The van der Waals surface area contributed by atoms with Crippen molar-refractivity contribution in [3.8, 4) is 0 Å². The molecule has 1 aliphatic rings. The fourth-order valence-corrected chi connectivity index (χ4v) is 3.94. The average molecular weight is 268 g/mol. The quantitative estimate of drug-likeness (QED) is 0.854. The molecule has 0 bridgehead atoms. The summed E-state index contributed by atoms with van der Waals surface area (Å²) in [6.07, 6.45) is 4.89. The van der Waals surface area contributed by atoms with Gasteiger partial charge in [0.2, 0.25) is 0 Å². The molecule has 0 atom stereocenters. The van der Waals surface area contributed by atoms with Crippen LogP contribution in [0.1, 0.15) is 30.4 Å². The summed E-state index contributed by atoms with van der Waals surface area (Å²) >= 11 is 0. The van der Waals surface area contributed by atoms with Gasteiger partial charge in [0.05, 0.1) is 5.75 Å². The fraction of sp³-hybridized carbons (Fsp3) is 0.571. The Morgan fingerprint density at radius 1 is 1.22 bits per heavy atom. The molecule has 0 aromatic heterocycles. The molecular formula is C14H20O3S. The first-order valence-electron chi connectivity index (χ1n) is 6.33. The van der Waals surface area contributed by atoms with E-state index < -0.39 is 9.84 Å². The zero-order chi connectivity index (χ0) is 13.2. The summed E-state index contributed by atoms with van der Waals surface area (Å²) in [5.74, 6) is 0.260. The lowest BCUT2D eigenvalue weighted by molar-refractivity contribution is 0.288. The van der Waals surface area contributed by atoms with Crippen molar-refractivity contribution in [2.24, 2.45) is 0 Å². The van der Waals surface area contributed by atoms with Crippen LogP contribution in [0.4, 0.5) is 0 Å². The lowest BCUT2D eigenvalue weighted by Gasteiger charge is -2.14. The third-order valence-electron chi connectivity index (χ3n) is 3.58. The number of rotatable bonds is 6. The van der Waals surface area contributed by atoms with Crippen molar-refractivity contribution in [3.63, 3.8) is 0 Å². The third-order valence-corrected chi connectivity index (χ3v) is 4.66. The van der Waals surface area contributed by atoms with Crippen LogP contribution in [0.15, 0.2) is 24.3 Å². The van der Waals surface area contributed by atoms with Crippen LogP contribution in [0.3, 0.4) is 0 Å². The summed E-state index contributed by atoms with van der Waals surface area (Å²) in [5, 5.41) is 8.78. The second-order valence-corrected chi connectivity index (χ2v) is 7.51. The van der Waals surface area contributed by atoms with Gasteiger partial charge < -0.3 is 5.11 Å². The smallest absolute Gasteiger partial charge is 0.148 e. The number of aliphatic hydroxyl groups is 1. The van der Waals surface area contributed by atoms with Gasteiger partial charge in [-0.1, -0.05) is 24.3 Å². The Balaban J connectivity index is 2.10. The Labute approximate surface area is 109 Å². The standard InChI is InChI=1S/C14H20O3S/c1-18(16,17)11-14(8-9-14)13-6-4-12(5-7-13)3-2-10-15/h4-7,15H,2-3,8-11H2,1H3. The molecule has 0 spiro atoms. The first-order valence-corrected chi connectivity index (χ1v) is 8.39. The molecule has 100 valence electrons. The zero-order valence-electron chi connectivity index (χ0n) is 10.7. The minimum absolute atomic E-state index is 0.122. The Hall–Kier alpha value is -0.870. The van der Waals surface area contributed by atoms with E-state index in [9.17, 15) is 8.42 Å². The number of benzene rings is 1. The van der Waals surface area contributed by atoms with E-state index in [0.29, 0.717) is 0 Å². The molecule has 1 aromatic rings. The summed E-state index contributed by atoms with van der Waals surface area (Å²) in [6.45, 7) is 0.208. The molecule has 1 aliphatic carbocycles. The average Bonchev–Trinajstić information content (AvgIpc) is 3.05. The van der Waals surface area contributed by atoms with Crippen molar-refractivity contribution in [2.45, 2.75) is 31.1 Å². The summed E-state index contributed by atoms with van der Waals surface area (Å²) in [5.41, 5.74) is 2.21. The van der Waals surface area contributed by atoms with Crippen LogP contribution in [-0.4, -0.2) is 32.1 Å². The van der Waals surface area contributed by atoms with Gasteiger partial charge in [0, 0.05) is 18.3 Å². The van der Waals surface area contributed by atoms with Crippen LogP contribution in [0.5, 0.6) is 0 Å². The van der Waals surface area contributed by atoms with Gasteiger partial charge in [0.1, 0.15) is 9.84 Å². The second-order valence-electron chi connectivity index (χ2n) is 5.37. The molecule has 1 saturated carbocycles. The van der Waals surface area contributed by atoms with Crippen molar-refractivity contribution in [2.75, 3.05) is 18.6 Å². The van der Waals surface area contributed by atoms with Gasteiger partial charge >= 0.3 is 0 Å². The van der Waals surface area contributed by atoms with Crippen LogP contribution in [0.25, 0.3) is 0 Å². The molecule has 0 amide bonds. The molecule has 2 rings (SSSR count). The van der Waals surface area contributed by atoms with Gasteiger partial charge in [-0.25, -0.2) is 8.42 Å². The SMILES string of the molecule is CS(=O)(=O)CC1(c2ccc(CCCO)cc2)CC1. The van der Waals surface area contributed by atoms with Crippen molar-refractivity contribution >= 4 is 9.84 Å². The van der Waals surface area contributed by atoms with Gasteiger partial charge in [0.25, 0.3) is 0 Å². The largest absolute Gasteiger partial charge is 0.396 e. The van der Waals surface area contributed by atoms with Crippen LogP contribution in [0.2, 0.25) is 0 Å². The minimum Gasteiger partial charge on any atom is -0.396 e. The molecule has 1 N–H and O–H groups in total. The van der Waals surface area contributed by atoms with Crippen LogP contribution in [0, 0.1) is 0 Å². The molecule has 0 heterocycles. The van der Waals surface area contributed by atoms with Crippen molar-refractivity contribution in [1.29, 1.82) is 0 Å². The lowest BCUT2D eigenvalue weighted by atomic mass is 9.96. The van der Waals surface area contributed by atoms with Gasteiger partial charge in [-0.3, -0.25) is 0 Å². The van der Waals surface area contributed by atoms with E-state index in [0.717, 1.165) is 31.2 Å². The zero-order valence-corrected chi connectivity index (χ0v) is 11.5. The van der Waals surface area contributed by atoms with Gasteiger partial charge in [-0.2, -0.15) is 0 Å². The van der Waals surface area contributed by atoms with E-state index in [4.69, 9.17) is 5.11 Å². The second kappa shape index (κ2) is 5.02. The summed E-state index contributed by atoms with van der Waals surface area (Å²) in [6, 6.07) is 8.19. The summed E-state index contributed by atoms with van der Waals surface area (Å²) in [4.78, 5) is 0. The number of aliphatic hydroxyl groups excluding tert-OH is 1. The Kier molecular flexibility index (Phi) is 3.78. The maximum absolute atomic E-state index is 11.4. The summed E-state index contributed by atoms with van der Waals surface area (Å²) in [7, 11) is -2.92. The molecule has 4 heteroatoms. The van der Waals surface area contributed by atoms with E-state index >= 15 is 0 Å². The van der Waals surface area contributed by atoms with Crippen LogP contribution < -0.4 is 0 Å².